The van der Waals surface area contributed by atoms with Gasteiger partial charge in [0, 0.05) is 6.54 Å². The molecule has 2 N–H and O–H groups in total. The van der Waals surface area contributed by atoms with E-state index < -0.39 is 0 Å². The highest BCUT2D eigenvalue weighted by Crippen LogP contribution is 2.33. The van der Waals surface area contributed by atoms with Crippen molar-refractivity contribution < 1.29 is 4.74 Å². The second-order valence-electron chi connectivity index (χ2n) is 5.42. The van der Waals surface area contributed by atoms with E-state index in [0.717, 1.165) is 13.2 Å². The number of ether oxygens (including phenoxy) is 1. The van der Waals surface area contributed by atoms with Crippen LogP contribution in [-0.2, 0) is 4.74 Å². The Kier molecular flexibility index (Phi) is 5.83. The number of thiocarbonyl (C=S) groups is 1. The third kappa shape index (κ3) is 4.90. The minimum absolute atomic E-state index is 0.101. The van der Waals surface area contributed by atoms with Gasteiger partial charge in [-0.05, 0) is 38.3 Å². The lowest BCUT2D eigenvalue weighted by Gasteiger charge is -2.38. The quantitative estimate of drug-likeness (QED) is 0.741. The topological polar surface area (TPSA) is 38.5 Å². The summed E-state index contributed by atoms with van der Waals surface area (Å²) < 4.78 is 5.58. The number of hydrogen-bond acceptors (Lipinski definition) is 3. The van der Waals surface area contributed by atoms with Crippen LogP contribution >= 0.6 is 12.2 Å². The summed E-state index contributed by atoms with van der Waals surface area (Å²) in [5, 5.41) is 0. The number of piperidine rings is 1. The fraction of sp³-hybridized carbons (Fsp3) is 0.923. The first-order valence-electron chi connectivity index (χ1n) is 6.60. The molecule has 1 saturated heterocycles. The van der Waals surface area contributed by atoms with Crippen LogP contribution in [0.25, 0.3) is 0 Å². The average molecular weight is 258 g/mol. The first-order valence-corrected chi connectivity index (χ1v) is 7.01. The Bertz CT molecular complexity index is 250. The summed E-state index contributed by atoms with van der Waals surface area (Å²) >= 11 is 4.87. The summed E-state index contributed by atoms with van der Waals surface area (Å²) in [6, 6.07) is 0. The van der Waals surface area contributed by atoms with E-state index in [4.69, 9.17) is 22.7 Å². The molecule has 1 fully saturated rings. The van der Waals surface area contributed by atoms with E-state index in [-0.39, 0.29) is 6.10 Å². The van der Waals surface area contributed by atoms with Crippen LogP contribution in [0.15, 0.2) is 0 Å². The van der Waals surface area contributed by atoms with Gasteiger partial charge in [-0.15, -0.1) is 0 Å². The Morgan fingerprint density at radius 2 is 2.06 bits per heavy atom. The zero-order valence-electron chi connectivity index (χ0n) is 11.4. The highest BCUT2D eigenvalue weighted by Gasteiger charge is 2.27. The summed E-state index contributed by atoms with van der Waals surface area (Å²) in [4.78, 5) is 2.92. The van der Waals surface area contributed by atoms with Crippen LogP contribution in [0.2, 0.25) is 0 Å². The Labute approximate surface area is 111 Å². The van der Waals surface area contributed by atoms with Crippen molar-refractivity contribution in [3.63, 3.8) is 0 Å². The molecule has 17 heavy (non-hydrogen) atoms. The van der Waals surface area contributed by atoms with Gasteiger partial charge in [-0.25, -0.2) is 0 Å². The smallest absolute Gasteiger partial charge is 0.104 e. The molecular formula is C13H26N2OS. The van der Waals surface area contributed by atoms with Crippen molar-refractivity contribution in [3.8, 4) is 0 Å². The largest absolute Gasteiger partial charge is 0.391 e. The molecule has 100 valence electrons. The van der Waals surface area contributed by atoms with Crippen molar-refractivity contribution in [2.24, 2.45) is 11.1 Å². The fourth-order valence-corrected chi connectivity index (χ4v) is 2.18. The van der Waals surface area contributed by atoms with Gasteiger partial charge in [-0.1, -0.05) is 32.5 Å². The van der Waals surface area contributed by atoms with Crippen molar-refractivity contribution in [3.05, 3.63) is 0 Å². The molecule has 1 heterocycles. The number of likely N-dealkylation sites (tertiary alicyclic amines) is 1. The molecule has 0 bridgehead atoms. The summed E-state index contributed by atoms with van der Waals surface area (Å²) in [5.74, 6) is 0. The molecule has 1 aliphatic rings. The molecule has 0 aliphatic carbocycles. The minimum atomic E-state index is -0.101. The maximum absolute atomic E-state index is 5.58. The van der Waals surface area contributed by atoms with E-state index in [0.29, 0.717) is 10.4 Å². The normalized spacial score (nSPS) is 22.3. The highest BCUT2D eigenvalue weighted by atomic mass is 32.1. The standard InChI is InChI=1S/C13H26N2OS/c1-4-13(3)5-7-15(8-6-13)9-10-16-11(2)12(14)17/h11H,4-10H2,1-3H3,(H2,14,17). The van der Waals surface area contributed by atoms with Gasteiger partial charge in [-0.3, -0.25) is 0 Å². The van der Waals surface area contributed by atoms with Crippen LogP contribution in [0, 0.1) is 5.41 Å². The SMILES string of the molecule is CCC1(C)CCN(CCOC(C)C(N)=S)CC1. The monoisotopic (exact) mass is 258 g/mol. The van der Waals surface area contributed by atoms with Gasteiger partial charge in [0.25, 0.3) is 0 Å². The lowest BCUT2D eigenvalue weighted by molar-refractivity contribution is 0.0567. The third-order valence-electron chi connectivity index (χ3n) is 4.09. The van der Waals surface area contributed by atoms with Crippen molar-refractivity contribution in [1.82, 2.24) is 4.90 Å². The molecule has 0 radical (unpaired) electrons. The second-order valence-corrected chi connectivity index (χ2v) is 5.89. The molecule has 1 aliphatic heterocycles. The third-order valence-corrected chi connectivity index (χ3v) is 4.42. The number of nitrogens with two attached hydrogens (primary N) is 1. The number of rotatable bonds is 6. The molecule has 1 atom stereocenters. The molecule has 1 unspecified atom stereocenters. The Hall–Kier alpha value is -0.190. The average Bonchev–Trinajstić information content (AvgIpc) is 2.31. The van der Waals surface area contributed by atoms with E-state index in [1.165, 1.54) is 32.4 Å². The van der Waals surface area contributed by atoms with Crippen LogP contribution in [-0.4, -0.2) is 42.2 Å². The first kappa shape index (κ1) is 14.9. The van der Waals surface area contributed by atoms with Crippen molar-refractivity contribution in [1.29, 1.82) is 0 Å². The van der Waals surface area contributed by atoms with Gasteiger partial charge < -0.3 is 15.4 Å². The molecule has 0 spiro atoms. The summed E-state index contributed by atoms with van der Waals surface area (Å²) in [6.45, 7) is 10.7. The Morgan fingerprint density at radius 1 is 1.47 bits per heavy atom. The Balaban J connectivity index is 2.17. The summed E-state index contributed by atoms with van der Waals surface area (Å²) in [5.41, 5.74) is 6.06. The van der Waals surface area contributed by atoms with E-state index in [1.54, 1.807) is 0 Å². The molecule has 4 heteroatoms. The minimum Gasteiger partial charge on any atom is -0.391 e. The maximum atomic E-state index is 5.58. The molecular weight excluding hydrogens is 232 g/mol. The number of hydrogen-bond donors (Lipinski definition) is 1. The first-order chi connectivity index (χ1) is 7.97. The van der Waals surface area contributed by atoms with Crippen LogP contribution in [0.3, 0.4) is 0 Å². The van der Waals surface area contributed by atoms with Gasteiger partial charge in [0.15, 0.2) is 0 Å². The summed E-state index contributed by atoms with van der Waals surface area (Å²) in [7, 11) is 0. The highest BCUT2D eigenvalue weighted by molar-refractivity contribution is 7.80. The van der Waals surface area contributed by atoms with Crippen LogP contribution in [0.1, 0.15) is 40.0 Å². The van der Waals surface area contributed by atoms with E-state index in [9.17, 15) is 0 Å². The fourth-order valence-electron chi connectivity index (χ4n) is 2.11. The lowest BCUT2D eigenvalue weighted by atomic mass is 9.78. The van der Waals surface area contributed by atoms with E-state index in [2.05, 4.69) is 18.7 Å². The van der Waals surface area contributed by atoms with Gasteiger partial charge >= 0.3 is 0 Å². The second kappa shape index (κ2) is 6.66. The molecule has 0 aromatic heterocycles. The van der Waals surface area contributed by atoms with E-state index in [1.807, 2.05) is 6.92 Å². The predicted octanol–water partition coefficient (Wildman–Crippen LogP) is 2.19. The molecule has 0 amide bonds. The Morgan fingerprint density at radius 3 is 2.53 bits per heavy atom. The van der Waals surface area contributed by atoms with Crippen LogP contribution < -0.4 is 5.73 Å². The van der Waals surface area contributed by atoms with Crippen molar-refractivity contribution in [2.45, 2.75) is 46.1 Å². The zero-order chi connectivity index (χ0) is 12.9. The molecule has 0 saturated carbocycles. The van der Waals surface area contributed by atoms with Crippen molar-refractivity contribution >= 4 is 17.2 Å². The van der Waals surface area contributed by atoms with Crippen LogP contribution in [0.5, 0.6) is 0 Å². The molecule has 0 aromatic carbocycles. The number of nitrogens with zero attached hydrogens (tertiary/aromatic N) is 1. The lowest BCUT2D eigenvalue weighted by Crippen LogP contribution is -2.40. The van der Waals surface area contributed by atoms with E-state index >= 15 is 0 Å². The van der Waals surface area contributed by atoms with Gasteiger partial charge in [0.05, 0.1) is 6.61 Å². The summed E-state index contributed by atoms with van der Waals surface area (Å²) in [6.07, 6.45) is 3.79. The zero-order valence-corrected chi connectivity index (χ0v) is 12.2. The van der Waals surface area contributed by atoms with Crippen molar-refractivity contribution in [2.75, 3.05) is 26.2 Å². The molecule has 1 rings (SSSR count). The van der Waals surface area contributed by atoms with Crippen LogP contribution in [0.4, 0.5) is 0 Å². The van der Waals surface area contributed by atoms with Gasteiger partial charge in [0.2, 0.25) is 0 Å². The van der Waals surface area contributed by atoms with Gasteiger partial charge in [0.1, 0.15) is 11.1 Å². The molecule has 0 aromatic rings. The predicted molar refractivity (Wildman–Crippen MR) is 76.3 cm³/mol. The molecule has 3 nitrogen and oxygen atoms in total. The van der Waals surface area contributed by atoms with Gasteiger partial charge in [-0.2, -0.15) is 0 Å². The maximum Gasteiger partial charge on any atom is 0.104 e.